The lowest BCUT2D eigenvalue weighted by molar-refractivity contribution is -0.385. The molecule has 0 amide bonds. The van der Waals surface area contributed by atoms with Gasteiger partial charge in [0.2, 0.25) is 5.82 Å². The fourth-order valence-corrected chi connectivity index (χ4v) is 2.82. The van der Waals surface area contributed by atoms with Gasteiger partial charge >= 0.3 is 5.69 Å². The van der Waals surface area contributed by atoms with Crippen molar-refractivity contribution in [2.24, 2.45) is 0 Å². The van der Waals surface area contributed by atoms with Crippen molar-refractivity contribution in [1.82, 2.24) is 9.97 Å². The highest BCUT2D eigenvalue weighted by Crippen LogP contribution is 2.34. The van der Waals surface area contributed by atoms with Crippen LogP contribution in [0.3, 0.4) is 0 Å². The van der Waals surface area contributed by atoms with Crippen molar-refractivity contribution >= 4 is 17.2 Å². The molecule has 0 aliphatic heterocycles. The van der Waals surface area contributed by atoms with Crippen LogP contribution < -0.4 is 10.1 Å². The summed E-state index contributed by atoms with van der Waals surface area (Å²) in [5.41, 5.74) is 1.62. The second-order valence-corrected chi connectivity index (χ2v) is 6.00. The monoisotopic (exact) mass is 328 g/mol. The van der Waals surface area contributed by atoms with Crippen LogP contribution in [-0.2, 0) is 0 Å². The number of rotatable bonds is 5. The molecule has 0 radical (unpaired) electrons. The van der Waals surface area contributed by atoms with Gasteiger partial charge < -0.3 is 10.1 Å². The molecule has 7 heteroatoms. The second kappa shape index (κ2) is 7.25. The molecule has 1 fully saturated rings. The largest absolute Gasteiger partial charge is 0.469 e. The van der Waals surface area contributed by atoms with Crippen molar-refractivity contribution in [2.45, 2.75) is 45.1 Å². The Kier molecular flexibility index (Phi) is 4.88. The summed E-state index contributed by atoms with van der Waals surface area (Å²) >= 11 is 0. The van der Waals surface area contributed by atoms with E-state index in [0.29, 0.717) is 0 Å². The minimum Gasteiger partial charge on any atom is -0.469 e. The average molecular weight is 328 g/mol. The molecule has 0 atom stereocenters. The van der Waals surface area contributed by atoms with Crippen LogP contribution in [0.15, 0.2) is 30.6 Å². The van der Waals surface area contributed by atoms with Gasteiger partial charge in [0.1, 0.15) is 12.4 Å². The van der Waals surface area contributed by atoms with Gasteiger partial charge in [-0.2, -0.15) is 4.98 Å². The second-order valence-electron chi connectivity index (χ2n) is 6.00. The molecule has 1 N–H and O–H groups in total. The first kappa shape index (κ1) is 16.2. The van der Waals surface area contributed by atoms with E-state index in [1.165, 1.54) is 12.7 Å². The van der Waals surface area contributed by atoms with Crippen molar-refractivity contribution in [3.63, 3.8) is 0 Å². The molecule has 7 nitrogen and oxygen atoms in total. The SMILES string of the molecule is Cc1ccc(Nc2ncnc(OC3CCCCC3)c2[N+](=O)[O-])cc1. The van der Waals surface area contributed by atoms with Gasteiger partial charge in [0.05, 0.1) is 4.92 Å². The highest BCUT2D eigenvalue weighted by atomic mass is 16.6. The molecule has 0 spiro atoms. The predicted molar refractivity (Wildman–Crippen MR) is 90.6 cm³/mol. The van der Waals surface area contributed by atoms with E-state index in [9.17, 15) is 10.1 Å². The minimum absolute atomic E-state index is 0.0143. The van der Waals surface area contributed by atoms with Gasteiger partial charge in [-0.25, -0.2) is 4.98 Å². The molecule has 3 rings (SSSR count). The first-order valence-corrected chi connectivity index (χ1v) is 8.13. The first-order valence-electron chi connectivity index (χ1n) is 8.13. The number of ether oxygens (including phenoxy) is 1. The molecular weight excluding hydrogens is 308 g/mol. The lowest BCUT2D eigenvalue weighted by atomic mass is 9.98. The highest BCUT2D eigenvalue weighted by molar-refractivity contribution is 5.68. The van der Waals surface area contributed by atoms with Gasteiger partial charge in [-0.1, -0.05) is 24.1 Å². The van der Waals surface area contributed by atoms with Crippen LogP contribution in [0.25, 0.3) is 0 Å². The summed E-state index contributed by atoms with van der Waals surface area (Å²) in [6, 6.07) is 7.55. The number of nitrogens with one attached hydrogen (secondary N) is 1. The molecular formula is C17H20N4O3. The van der Waals surface area contributed by atoms with E-state index in [1.807, 2.05) is 31.2 Å². The zero-order valence-corrected chi connectivity index (χ0v) is 13.6. The van der Waals surface area contributed by atoms with E-state index in [-0.39, 0.29) is 23.5 Å². The molecule has 24 heavy (non-hydrogen) atoms. The third-order valence-corrected chi connectivity index (χ3v) is 4.12. The molecule has 0 bridgehead atoms. The van der Waals surface area contributed by atoms with Crippen LogP contribution in [0, 0.1) is 17.0 Å². The summed E-state index contributed by atoms with van der Waals surface area (Å²) in [5, 5.41) is 14.5. The molecule has 1 heterocycles. The highest BCUT2D eigenvalue weighted by Gasteiger charge is 2.27. The normalized spacial score (nSPS) is 15.0. The summed E-state index contributed by atoms with van der Waals surface area (Å²) in [6.45, 7) is 1.98. The van der Waals surface area contributed by atoms with Gasteiger partial charge in [0.25, 0.3) is 5.88 Å². The van der Waals surface area contributed by atoms with Gasteiger partial charge in [0, 0.05) is 5.69 Å². The third kappa shape index (κ3) is 3.79. The van der Waals surface area contributed by atoms with Crippen LogP contribution in [-0.4, -0.2) is 21.0 Å². The Hall–Kier alpha value is -2.70. The number of anilines is 2. The quantitative estimate of drug-likeness (QED) is 0.655. The average Bonchev–Trinajstić information content (AvgIpc) is 2.58. The molecule has 1 aromatic heterocycles. The zero-order valence-electron chi connectivity index (χ0n) is 13.6. The van der Waals surface area contributed by atoms with Crippen molar-refractivity contribution < 1.29 is 9.66 Å². The van der Waals surface area contributed by atoms with E-state index >= 15 is 0 Å². The molecule has 1 saturated carbocycles. The number of hydrogen-bond acceptors (Lipinski definition) is 6. The lowest BCUT2D eigenvalue weighted by Gasteiger charge is -2.22. The summed E-state index contributed by atoms with van der Waals surface area (Å²) in [4.78, 5) is 19.1. The van der Waals surface area contributed by atoms with Gasteiger partial charge in [-0.3, -0.25) is 10.1 Å². The topological polar surface area (TPSA) is 90.2 Å². The number of nitro groups is 1. The summed E-state index contributed by atoms with van der Waals surface area (Å²) in [6.07, 6.45) is 6.44. The van der Waals surface area contributed by atoms with Gasteiger partial charge in [-0.05, 0) is 44.7 Å². The maximum absolute atomic E-state index is 11.5. The van der Waals surface area contributed by atoms with Crippen molar-refractivity contribution in [2.75, 3.05) is 5.32 Å². The number of benzene rings is 1. The summed E-state index contributed by atoms with van der Waals surface area (Å²) in [5.74, 6) is 0.182. The molecule has 1 aromatic carbocycles. The Labute approximate surface area is 140 Å². The Bertz CT molecular complexity index is 712. The molecule has 2 aromatic rings. The van der Waals surface area contributed by atoms with Crippen LogP contribution in [0.5, 0.6) is 5.88 Å². The lowest BCUT2D eigenvalue weighted by Crippen LogP contribution is -2.21. The number of aromatic nitrogens is 2. The van der Waals surface area contributed by atoms with Gasteiger partial charge in [0.15, 0.2) is 0 Å². The van der Waals surface area contributed by atoms with Gasteiger partial charge in [-0.15, -0.1) is 0 Å². The number of nitrogens with zero attached hydrogens (tertiary/aromatic N) is 3. The van der Waals surface area contributed by atoms with Crippen LogP contribution >= 0.6 is 0 Å². The Balaban J connectivity index is 1.86. The Morgan fingerprint density at radius 2 is 1.88 bits per heavy atom. The fourth-order valence-electron chi connectivity index (χ4n) is 2.82. The molecule has 0 saturated heterocycles. The van der Waals surface area contributed by atoms with Crippen LogP contribution in [0.2, 0.25) is 0 Å². The zero-order chi connectivity index (χ0) is 16.9. The Morgan fingerprint density at radius 3 is 2.54 bits per heavy atom. The van der Waals surface area contributed by atoms with Crippen LogP contribution in [0.4, 0.5) is 17.2 Å². The molecule has 0 unspecified atom stereocenters. The third-order valence-electron chi connectivity index (χ3n) is 4.12. The summed E-state index contributed by atoms with van der Waals surface area (Å²) < 4.78 is 5.81. The fraction of sp³-hybridized carbons (Fsp3) is 0.412. The smallest absolute Gasteiger partial charge is 0.373 e. The maximum Gasteiger partial charge on any atom is 0.373 e. The van der Waals surface area contributed by atoms with Crippen molar-refractivity contribution in [1.29, 1.82) is 0 Å². The van der Waals surface area contributed by atoms with E-state index in [0.717, 1.165) is 36.9 Å². The summed E-state index contributed by atoms with van der Waals surface area (Å²) in [7, 11) is 0. The van der Waals surface area contributed by atoms with Crippen molar-refractivity contribution in [3.05, 3.63) is 46.3 Å². The van der Waals surface area contributed by atoms with E-state index < -0.39 is 4.92 Å². The first-order chi connectivity index (χ1) is 11.6. The standard InChI is InChI=1S/C17H20N4O3/c1-12-7-9-13(10-8-12)20-16-15(21(22)23)17(19-11-18-16)24-14-5-3-2-4-6-14/h7-11,14H,2-6H2,1H3,(H,18,19,20). The number of hydrogen-bond donors (Lipinski definition) is 1. The predicted octanol–water partition coefficient (Wildman–Crippen LogP) is 4.15. The van der Waals surface area contributed by atoms with E-state index in [1.54, 1.807) is 0 Å². The maximum atomic E-state index is 11.5. The molecule has 1 aliphatic rings. The Morgan fingerprint density at radius 1 is 1.17 bits per heavy atom. The van der Waals surface area contributed by atoms with E-state index in [2.05, 4.69) is 15.3 Å². The van der Waals surface area contributed by atoms with Crippen LogP contribution in [0.1, 0.15) is 37.7 Å². The number of aryl methyl sites for hydroxylation is 1. The molecule has 126 valence electrons. The van der Waals surface area contributed by atoms with E-state index in [4.69, 9.17) is 4.74 Å². The minimum atomic E-state index is -0.491. The molecule has 1 aliphatic carbocycles. The van der Waals surface area contributed by atoms with Crippen molar-refractivity contribution in [3.8, 4) is 5.88 Å².